The Morgan fingerprint density at radius 3 is 2.65 bits per heavy atom. The molecule has 4 nitrogen and oxygen atoms in total. The second kappa shape index (κ2) is 5.77. The van der Waals surface area contributed by atoms with Crippen molar-refractivity contribution in [3.63, 3.8) is 0 Å². The van der Waals surface area contributed by atoms with Crippen LogP contribution in [0, 0.1) is 0 Å². The van der Waals surface area contributed by atoms with Crippen LogP contribution in [0.3, 0.4) is 0 Å². The van der Waals surface area contributed by atoms with Gasteiger partial charge in [0.2, 0.25) is 0 Å². The average molecular weight is 258 g/mol. The molecule has 1 amide bonds. The molecular formula is C12H16ClNO3. The second-order valence-electron chi connectivity index (χ2n) is 4.06. The molecule has 0 fully saturated rings. The van der Waals surface area contributed by atoms with E-state index in [9.17, 15) is 15.0 Å². The zero-order valence-electron chi connectivity index (χ0n) is 9.77. The smallest absolute Gasteiger partial charge is 0.255 e. The number of carbonyl (C=O) groups excluding carboxylic acids is 1. The minimum atomic E-state index is -0.428. The zero-order chi connectivity index (χ0) is 13.0. The largest absolute Gasteiger partial charge is 0.504 e. The SMILES string of the molecule is CC(Cl)CC(C)NC(=O)c1cccc(O)c1O. The van der Waals surface area contributed by atoms with Crippen LogP contribution in [0.4, 0.5) is 0 Å². The van der Waals surface area contributed by atoms with Crippen LogP contribution in [0.2, 0.25) is 0 Å². The molecular weight excluding hydrogens is 242 g/mol. The number of carbonyl (C=O) groups is 1. The molecule has 17 heavy (non-hydrogen) atoms. The Kier molecular flexibility index (Phi) is 4.63. The summed E-state index contributed by atoms with van der Waals surface area (Å²) in [5.41, 5.74) is 0.0547. The summed E-state index contributed by atoms with van der Waals surface area (Å²) in [5, 5.41) is 21.5. The summed E-state index contributed by atoms with van der Waals surface area (Å²) in [4.78, 5) is 11.8. The molecule has 2 unspecified atom stereocenters. The molecule has 2 atom stereocenters. The van der Waals surface area contributed by atoms with Gasteiger partial charge in [0.15, 0.2) is 11.5 Å². The Balaban J connectivity index is 2.73. The standard InChI is InChI=1S/C12H16ClNO3/c1-7(13)6-8(2)14-12(17)9-4-3-5-10(15)11(9)16/h3-5,7-8,15-16H,6H2,1-2H3,(H,14,17). The quantitative estimate of drug-likeness (QED) is 0.572. The molecule has 3 N–H and O–H groups in total. The lowest BCUT2D eigenvalue weighted by molar-refractivity contribution is 0.0935. The molecule has 94 valence electrons. The number of para-hydroxylation sites is 1. The number of benzene rings is 1. The van der Waals surface area contributed by atoms with E-state index in [-0.39, 0.29) is 22.7 Å². The van der Waals surface area contributed by atoms with E-state index in [1.54, 1.807) is 0 Å². The van der Waals surface area contributed by atoms with Gasteiger partial charge in [0.25, 0.3) is 5.91 Å². The Morgan fingerprint density at radius 1 is 1.41 bits per heavy atom. The molecule has 0 aliphatic heterocycles. The predicted octanol–water partition coefficient (Wildman–Crippen LogP) is 2.23. The highest BCUT2D eigenvalue weighted by Gasteiger charge is 2.16. The molecule has 0 aromatic heterocycles. The lowest BCUT2D eigenvalue weighted by atomic mass is 10.1. The Hall–Kier alpha value is -1.42. The Labute approximate surface area is 105 Å². The van der Waals surface area contributed by atoms with Crippen LogP contribution >= 0.6 is 11.6 Å². The van der Waals surface area contributed by atoms with Gasteiger partial charge in [-0.3, -0.25) is 4.79 Å². The van der Waals surface area contributed by atoms with Gasteiger partial charge in [-0.1, -0.05) is 6.07 Å². The van der Waals surface area contributed by atoms with Crippen molar-refractivity contribution in [2.24, 2.45) is 0 Å². The van der Waals surface area contributed by atoms with E-state index in [0.717, 1.165) is 0 Å². The van der Waals surface area contributed by atoms with Crippen molar-refractivity contribution in [2.75, 3.05) is 0 Å². The summed E-state index contributed by atoms with van der Waals surface area (Å²) < 4.78 is 0. The number of phenolic OH excluding ortho intramolecular Hbond substituents is 2. The number of nitrogens with one attached hydrogen (secondary N) is 1. The summed E-state index contributed by atoms with van der Waals surface area (Å²) in [5.74, 6) is -1.14. The summed E-state index contributed by atoms with van der Waals surface area (Å²) in [6.07, 6.45) is 0.632. The van der Waals surface area contributed by atoms with Crippen LogP contribution in [-0.4, -0.2) is 27.5 Å². The highest BCUT2D eigenvalue weighted by molar-refractivity contribution is 6.20. The first-order chi connectivity index (χ1) is 7.91. The molecule has 0 spiro atoms. The molecule has 0 aliphatic rings. The van der Waals surface area contributed by atoms with Crippen LogP contribution < -0.4 is 5.32 Å². The van der Waals surface area contributed by atoms with E-state index in [2.05, 4.69) is 5.32 Å². The van der Waals surface area contributed by atoms with Gasteiger partial charge in [-0.2, -0.15) is 0 Å². The van der Waals surface area contributed by atoms with Crippen molar-refractivity contribution in [2.45, 2.75) is 31.7 Å². The van der Waals surface area contributed by atoms with Gasteiger partial charge in [-0.15, -0.1) is 11.6 Å². The van der Waals surface area contributed by atoms with Crippen LogP contribution in [0.25, 0.3) is 0 Å². The highest BCUT2D eigenvalue weighted by atomic mass is 35.5. The maximum Gasteiger partial charge on any atom is 0.255 e. The fourth-order valence-electron chi connectivity index (χ4n) is 1.56. The first kappa shape index (κ1) is 13.6. The first-order valence-corrected chi connectivity index (χ1v) is 5.81. The number of phenols is 2. The molecule has 0 radical (unpaired) electrons. The van der Waals surface area contributed by atoms with E-state index in [1.807, 2.05) is 13.8 Å². The van der Waals surface area contributed by atoms with Crippen LogP contribution in [0.5, 0.6) is 11.5 Å². The lowest BCUT2D eigenvalue weighted by Gasteiger charge is -2.15. The van der Waals surface area contributed by atoms with E-state index in [4.69, 9.17) is 11.6 Å². The molecule has 1 aromatic rings. The molecule has 0 bridgehead atoms. The summed E-state index contributed by atoms with van der Waals surface area (Å²) in [6.45, 7) is 3.67. The topological polar surface area (TPSA) is 69.6 Å². The van der Waals surface area contributed by atoms with E-state index >= 15 is 0 Å². The van der Waals surface area contributed by atoms with E-state index in [0.29, 0.717) is 6.42 Å². The van der Waals surface area contributed by atoms with E-state index < -0.39 is 11.7 Å². The summed E-state index contributed by atoms with van der Waals surface area (Å²) >= 11 is 5.82. The third kappa shape index (κ3) is 3.82. The zero-order valence-corrected chi connectivity index (χ0v) is 10.5. The number of alkyl halides is 1. The van der Waals surface area contributed by atoms with Crippen molar-refractivity contribution in [1.82, 2.24) is 5.32 Å². The molecule has 5 heteroatoms. The lowest BCUT2D eigenvalue weighted by Crippen LogP contribution is -2.33. The summed E-state index contributed by atoms with van der Waals surface area (Å²) in [7, 11) is 0. The van der Waals surface area contributed by atoms with Gasteiger partial charge in [-0.25, -0.2) is 0 Å². The maximum absolute atomic E-state index is 11.8. The second-order valence-corrected chi connectivity index (χ2v) is 4.81. The molecule has 1 rings (SSSR count). The highest BCUT2D eigenvalue weighted by Crippen LogP contribution is 2.28. The molecule has 0 saturated heterocycles. The fraction of sp³-hybridized carbons (Fsp3) is 0.417. The van der Waals surface area contributed by atoms with Crippen molar-refractivity contribution in [3.05, 3.63) is 23.8 Å². The van der Waals surface area contributed by atoms with Gasteiger partial charge >= 0.3 is 0 Å². The van der Waals surface area contributed by atoms with Gasteiger partial charge < -0.3 is 15.5 Å². The Bertz CT molecular complexity index is 407. The number of hydrogen-bond donors (Lipinski definition) is 3. The van der Waals surface area contributed by atoms with Crippen molar-refractivity contribution >= 4 is 17.5 Å². The minimum absolute atomic E-state index is 0.0388. The molecule has 0 heterocycles. The van der Waals surface area contributed by atoms with Crippen LogP contribution in [0.15, 0.2) is 18.2 Å². The average Bonchev–Trinajstić information content (AvgIpc) is 2.20. The molecule has 1 aromatic carbocycles. The number of halogens is 1. The number of hydrogen-bond acceptors (Lipinski definition) is 3. The van der Waals surface area contributed by atoms with Gasteiger partial charge in [-0.05, 0) is 32.4 Å². The fourth-order valence-corrected chi connectivity index (χ4v) is 1.83. The van der Waals surface area contributed by atoms with Crippen molar-refractivity contribution in [3.8, 4) is 11.5 Å². The first-order valence-electron chi connectivity index (χ1n) is 5.37. The predicted molar refractivity (Wildman–Crippen MR) is 66.6 cm³/mol. The normalized spacial score (nSPS) is 14.1. The van der Waals surface area contributed by atoms with Crippen LogP contribution in [-0.2, 0) is 0 Å². The third-order valence-corrected chi connectivity index (χ3v) is 2.49. The monoisotopic (exact) mass is 257 g/mol. The third-order valence-electron chi connectivity index (χ3n) is 2.32. The van der Waals surface area contributed by atoms with E-state index in [1.165, 1.54) is 18.2 Å². The van der Waals surface area contributed by atoms with Crippen molar-refractivity contribution < 1.29 is 15.0 Å². The minimum Gasteiger partial charge on any atom is -0.504 e. The Morgan fingerprint density at radius 2 is 2.06 bits per heavy atom. The molecule has 0 aliphatic carbocycles. The number of amides is 1. The van der Waals surface area contributed by atoms with Gasteiger partial charge in [0.05, 0.1) is 5.56 Å². The van der Waals surface area contributed by atoms with Gasteiger partial charge in [0, 0.05) is 11.4 Å². The van der Waals surface area contributed by atoms with Crippen LogP contribution in [0.1, 0.15) is 30.6 Å². The number of aromatic hydroxyl groups is 2. The number of rotatable bonds is 4. The molecule has 0 saturated carbocycles. The van der Waals surface area contributed by atoms with Gasteiger partial charge in [0.1, 0.15) is 0 Å². The summed E-state index contributed by atoms with van der Waals surface area (Å²) in [6, 6.07) is 4.16. The maximum atomic E-state index is 11.8. The van der Waals surface area contributed by atoms with Crippen molar-refractivity contribution in [1.29, 1.82) is 0 Å².